The van der Waals surface area contributed by atoms with Crippen LogP contribution >= 0.6 is 0 Å². The number of hydrogen-bond donors (Lipinski definition) is 2. The largest absolute Gasteiger partial charge is 0.395 e. The molecule has 0 atom stereocenters. The molecule has 1 aliphatic carbocycles. The second kappa shape index (κ2) is 6.47. The lowest BCUT2D eigenvalue weighted by atomic mass is 9.94. The molecule has 0 radical (unpaired) electrons. The summed E-state index contributed by atoms with van der Waals surface area (Å²) in [5, 5.41) is 16.7. The Kier molecular flexibility index (Phi) is 4.68. The highest BCUT2D eigenvalue weighted by Crippen LogP contribution is 2.23. The maximum atomic E-state index is 12.4. The summed E-state index contributed by atoms with van der Waals surface area (Å²) in [6.45, 7) is 0.306. The van der Waals surface area contributed by atoms with Crippen molar-refractivity contribution in [2.45, 2.75) is 38.1 Å². The first kappa shape index (κ1) is 13.7. The van der Waals surface area contributed by atoms with Crippen molar-refractivity contribution < 1.29 is 9.90 Å². The number of nitrogen functional groups attached to an aromatic ring is 1. The fourth-order valence-electron chi connectivity index (χ4n) is 2.55. The molecule has 0 unspecified atom stereocenters. The first-order valence-electron chi connectivity index (χ1n) is 6.73. The van der Waals surface area contributed by atoms with Crippen LogP contribution in [-0.2, 0) is 0 Å². The third-order valence-electron chi connectivity index (χ3n) is 3.52. The van der Waals surface area contributed by atoms with Crippen LogP contribution in [0.5, 0.6) is 0 Å². The monoisotopic (exact) mass is 264 g/mol. The Balaban J connectivity index is 2.13. The van der Waals surface area contributed by atoms with E-state index in [9.17, 15) is 4.79 Å². The van der Waals surface area contributed by atoms with Gasteiger partial charge in [-0.3, -0.25) is 4.79 Å². The molecule has 1 heterocycles. The van der Waals surface area contributed by atoms with E-state index in [0.29, 0.717) is 12.4 Å². The van der Waals surface area contributed by atoms with E-state index < -0.39 is 0 Å². The van der Waals surface area contributed by atoms with E-state index in [1.54, 1.807) is 17.0 Å². The Morgan fingerprint density at radius 2 is 2.05 bits per heavy atom. The number of aliphatic hydroxyl groups is 1. The molecular formula is C13H20N4O2. The van der Waals surface area contributed by atoms with Crippen LogP contribution in [0.15, 0.2) is 12.1 Å². The van der Waals surface area contributed by atoms with Crippen LogP contribution in [0.3, 0.4) is 0 Å². The number of aromatic nitrogens is 2. The van der Waals surface area contributed by atoms with Crippen LogP contribution < -0.4 is 5.73 Å². The van der Waals surface area contributed by atoms with Gasteiger partial charge >= 0.3 is 0 Å². The fraction of sp³-hybridized carbons (Fsp3) is 0.615. The molecule has 1 aliphatic rings. The van der Waals surface area contributed by atoms with Crippen molar-refractivity contribution in [3.05, 3.63) is 17.8 Å². The summed E-state index contributed by atoms with van der Waals surface area (Å²) < 4.78 is 0. The normalized spacial score (nSPS) is 16.3. The molecular weight excluding hydrogens is 244 g/mol. The molecule has 0 aliphatic heterocycles. The third-order valence-corrected chi connectivity index (χ3v) is 3.52. The van der Waals surface area contributed by atoms with Crippen LogP contribution in [-0.4, -0.2) is 45.3 Å². The predicted octanol–water partition coefficient (Wildman–Crippen LogP) is 0.826. The SMILES string of the molecule is Nc1ccc(C(=O)N(CCO)C2CCCCC2)nn1. The highest BCUT2D eigenvalue weighted by atomic mass is 16.3. The Bertz CT molecular complexity index is 415. The van der Waals surface area contributed by atoms with Crippen LogP contribution in [0.25, 0.3) is 0 Å². The average Bonchev–Trinajstić information content (AvgIpc) is 2.46. The lowest BCUT2D eigenvalue weighted by Gasteiger charge is -2.33. The van der Waals surface area contributed by atoms with Gasteiger partial charge in [-0.25, -0.2) is 0 Å². The molecule has 1 fully saturated rings. The number of anilines is 1. The topological polar surface area (TPSA) is 92.3 Å². The number of nitrogens with zero attached hydrogens (tertiary/aromatic N) is 3. The molecule has 2 rings (SSSR count). The lowest BCUT2D eigenvalue weighted by molar-refractivity contribution is 0.0578. The maximum absolute atomic E-state index is 12.4. The van der Waals surface area contributed by atoms with E-state index in [0.717, 1.165) is 25.7 Å². The highest BCUT2D eigenvalue weighted by molar-refractivity contribution is 5.92. The number of rotatable bonds is 4. The molecule has 0 bridgehead atoms. The summed E-state index contributed by atoms with van der Waals surface area (Å²) in [6.07, 6.45) is 5.47. The van der Waals surface area contributed by atoms with Gasteiger partial charge in [0, 0.05) is 12.6 Å². The number of aliphatic hydroxyl groups excluding tert-OH is 1. The number of carbonyl (C=O) groups excluding carboxylic acids is 1. The van der Waals surface area contributed by atoms with Crippen LogP contribution in [0, 0.1) is 0 Å². The smallest absolute Gasteiger partial charge is 0.274 e. The van der Waals surface area contributed by atoms with Gasteiger partial charge in [0.2, 0.25) is 0 Å². The summed E-state index contributed by atoms with van der Waals surface area (Å²) in [6, 6.07) is 3.35. The second-order valence-electron chi connectivity index (χ2n) is 4.86. The van der Waals surface area contributed by atoms with Gasteiger partial charge in [0.1, 0.15) is 5.82 Å². The maximum Gasteiger partial charge on any atom is 0.274 e. The molecule has 6 nitrogen and oxygen atoms in total. The zero-order chi connectivity index (χ0) is 13.7. The van der Waals surface area contributed by atoms with Crippen LogP contribution in [0.4, 0.5) is 5.82 Å². The van der Waals surface area contributed by atoms with Gasteiger partial charge in [-0.15, -0.1) is 10.2 Å². The first-order chi connectivity index (χ1) is 9.22. The molecule has 3 N–H and O–H groups in total. The molecule has 104 valence electrons. The van der Waals surface area contributed by atoms with Crippen molar-refractivity contribution in [1.82, 2.24) is 15.1 Å². The Labute approximate surface area is 112 Å². The Morgan fingerprint density at radius 1 is 1.32 bits per heavy atom. The van der Waals surface area contributed by atoms with Crippen molar-refractivity contribution in [2.75, 3.05) is 18.9 Å². The molecule has 1 amide bonds. The summed E-state index contributed by atoms with van der Waals surface area (Å²) >= 11 is 0. The molecule has 1 saturated carbocycles. The highest BCUT2D eigenvalue weighted by Gasteiger charge is 2.26. The zero-order valence-electron chi connectivity index (χ0n) is 11.0. The number of hydrogen-bond acceptors (Lipinski definition) is 5. The first-order valence-corrected chi connectivity index (χ1v) is 6.73. The quantitative estimate of drug-likeness (QED) is 0.840. The molecule has 1 aromatic heterocycles. The molecule has 19 heavy (non-hydrogen) atoms. The van der Waals surface area contributed by atoms with Gasteiger partial charge in [-0.2, -0.15) is 0 Å². The van der Waals surface area contributed by atoms with Crippen LogP contribution in [0.2, 0.25) is 0 Å². The standard InChI is InChI=1S/C13H20N4O2/c14-12-7-6-11(15-16-12)13(19)17(8-9-18)10-4-2-1-3-5-10/h6-7,10,18H,1-5,8-9H2,(H2,14,16). The summed E-state index contributed by atoms with van der Waals surface area (Å²) in [4.78, 5) is 14.1. The van der Waals surface area contributed by atoms with Gasteiger partial charge in [0.25, 0.3) is 5.91 Å². The van der Waals surface area contributed by atoms with E-state index in [2.05, 4.69) is 10.2 Å². The zero-order valence-corrected chi connectivity index (χ0v) is 11.0. The third kappa shape index (κ3) is 3.41. The summed E-state index contributed by atoms with van der Waals surface area (Å²) in [7, 11) is 0. The minimum Gasteiger partial charge on any atom is -0.395 e. The minimum atomic E-state index is -0.173. The second-order valence-corrected chi connectivity index (χ2v) is 4.86. The molecule has 0 spiro atoms. The average molecular weight is 264 g/mol. The molecule has 0 saturated heterocycles. The van der Waals surface area contributed by atoms with Gasteiger partial charge in [0.15, 0.2) is 5.69 Å². The van der Waals surface area contributed by atoms with Gasteiger partial charge in [-0.05, 0) is 25.0 Å². The summed E-state index contributed by atoms with van der Waals surface area (Å²) in [5.41, 5.74) is 5.75. The van der Waals surface area contributed by atoms with E-state index in [-0.39, 0.29) is 24.2 Å². The minimum absolute atomic E-state index is 0.0371. The molecule has 1 aromatic rings. The Morgan fingerprint density at radius 3 is 2.63 bits per heavy atom. The van der Waals surface area contributed by atoms with E-state index in [1.807, 2.05) is 0 Å². The van der Waals surface area contributed by atoms with E-state index in [4.69, 9.17) is 10.8 Å². The summed E-state index contributed by atoms with van der Waals surface area (Å²) in [5.74, 6) is 0.122. The number of nitrogens with two attached hydrogens (primary N) is 1. The lowest BCUT2D eigenvalue weighted by Crippen LogP contribution is -2.43. The van der Waals surface area contributed by atoms with Crippen molar-refractivity contribution in [1.29, 1.82) is 0 Å². The van der Waals surface area contributed by atoms with Crippen molar-refractivity contribution in [3.8, 4) is 0 Å². The van der Waals surface area contributed by atoms with E-state index >= 15 is 0 Å². The fourth-order valence-corrected chi connectivity index (χ4v) is 2.55. The van der Waals surface area contributed by atoms with Crippen molar-refractivity contribution >= 4 is 11.7 Å². The van der Waals surface area contributed by atoms with E-state index in [1.165, 1.54) is 6.42 Å². The van der Waals surface area contributed by atoms with Crippen molar-refractivity contribution in [3.63, 3.8) is 0 Å². The molecule has 6 heteroatoms. The van der Waals surface area contributed by atoms with Gasteiger partial charge in [0.05, 0.1) is 6.61 Å². The van der Waals surface area contributed by atoms with Gasteiger partial charge in [-0.1, -0.05) is 19.3 Å². The van der Waals surface area contributed by atoms with Gasteiger partial charge < -0.3 is 15.7 Å². The van der Waals surface area contributed by atoms with Crippen molar-refractivity contribution in [2.24, 2.45) is 0 Å². The number of amides is 1. The Hall–Kier alpha value is -1.69. The predicted molar refractivity (Wildman–Crippen MR) is 71.4 cm³/mol. The molecule has 0 aromatic carbocycles. The number of carbonyl (C=O) groups is 1. The van der Waals surface area contributed by atoms with Crippen LogP contribution in [0.1, 0.15) is 42.6 Å².